The fourth-order valence-corrected chi connectivity index (χ4v) is 0.615. The van der Waals surface area contributed by atoms with Gasteiger partial charge in [-0.25, -0.2) is 0 Å². The van der Waals surface area contributed by atoms with Crippen LogP contribution in [0, 0.1) is 0 Å². The van der Waals surface area contributed by atoms with Gasteiger partial charge in [0.05, 0.1) is 0 Å². The molecule has 0 aromatic rings. The third kappa shape index (κ3) is 1.62. The highest BCUT2D eigenvalue weighted by Gasteiger charge is 2.48. The fourth-order valence-electron chi connectivity index (χ4n) is 0.205. The van der Waals surface area contributed by atoms with Crippen molar-refractivity contribution >= 4 is 13.4 Å². The average molecular weight is 170 g/mol. The monoisotopic (exact) mass is 170 g/mol. The Bertz CT molecular complexity index is 189. The number of ketones is 1. The average Bonchev–Trinajstić information content (AvgIpc) is 1.62. The molecule has 7 heteroatoms. The molecule has 0 rings (SSSR count). The lowest BCUT2D eigenvalue weighted by Crippen LogP contribution is -2.35. The topological polar surface area (TPSA) is 115 Å². The summed E-state index contributed by atoms with van der Waals surface area (Å²) in [5, 5.41) is 16.7. The number of hydrogen-bond donors (Lipinski definition) is 4. The Morgan fingerprint density at radius 3 is 1.70 bits per heavy atom. The molecule has 0 radical (unpaired) electrons. The first-order chi connectivity index (χ1) is 4.19. The molecule has 0 saturated carbocycles. The molecular formula is C3H7O6P. The lowest BCUT2D eigenvalue weighted by atomic mass is 10.4. The molecule has 0 aromatic carbocycles. The van der Waals surface area contributed by atoms with Crippen molar-refractivity contribution in [1.29, 1.82) is 0 Å². The van der Waals surface area contributed by atoms with E-state index in [-0.39, 0.29) is 0 Å². The maximum atomic E-state index is 10.1. The van der Waals surface area contributed by atoms with Gasteiger partial charge in [-0.15, -0.1) is 0 Å². The van der Waals surface area contributed by atoms with Crippen LogP contribution in [0.4, 0.5) is 0 Å². The highest BCUT2D eigenvalue weighted by molar-refractivity contribution is 7.54. The van der Waals surface area contributed by atoms with E-state index in [0.29, 0.717) is 6.92 Å². The Kier molecular flexibility index (Phi) is 2.35. The van der Waals surface area contributed by atoms with Gasteiger partial charge in [0, 0.05) is 6.92 Å². The Hall–Kier alpha value is -0.260. The van der Waals surface area contributed by atoms with Crippen LogP contribution in [-0.2, 0) is 9.36 Å². The molecule has 0 spiro atoms. The van der Waals surface area contributed by atoms with E-state index in [4.69, 9.17) is 20.0 Å². The molecule has 4 N–H and O–H groups in total. The molecule has 0 atom stereocenters. The Balaban J connectivity index is 4.75. The van der Waals surface area contributed by atoms with E-state index in [0.717, 1.165) is 0 Å². The lowest BCUT2D eigenvalue weighted by molar-refractivity contribution is -0.157. The molecule has 0 bridgehead atoms. The zero-order chi connectivity index (χ0) is 8.58. The standard InChI is InChI=1S/C3H7O6P/c1-2(4)3(5,6)10(7,8)9/h5-6H,1H3,(H2,7,8,9). The van der Waals surface area contributed by atoms with Gasteiger partial charge in [0.2, 0.25) is 5.78 Å². The largest absolute Gasteiger partial charge is 0.392 e. The van der Waals surface area contributed by atoms with Gasteiger partial charge >= 0.3 is 13.1 Å². The van der Waals surface area contributed by atoms with Crippen molar-refractivity contribution in [3.8, 4) is 0 Å². The van der Waals surface area contributed by atoms with Crippen molar-refractivity contribution in [3.05, 3.63) is 0 Å². The fraction of sp³-hybridized carbons (Fsp3) is 0.667. The van der Waals surface area contributed by atoms with Gasteiger partial charge in [-0.1, -0.05) is 0 Å². The highest BCUT2D eigenvalue weighted by atomic mass is 31.2. The van der Waals surface area contributed by atoms with Gasteiger partial charge in [0.15, 0.2) is 0 Å². The van der Waals surface area contributed by atoms with Crippen LogP contribution in [0.5, 0.6) is 0 Å². The second-order valence-electron chi connectivity index (χ2n) is 1.74. The number of carbonyl (C=O) groups excluding carboxylic acids is 1. The second-order valence-corrected chi connectivity index (χ2v) is 3.45. The van der Waals surface area contributed by atoms with E-state index in [2.05, 4.69) is 0 Å². The predicted octanol–water partition coefficient (Wildman–Crippen LogP) is -1.61. The van der Waals surface area contributed by atoms with E-state index in [1.807, 2.05) is 0 Å². The minimum absolute atomic E-state index is 0.666. The third-order valence-electron chi connectivity index (χ3n) is 0.879. The maximum Gasteiger partial charge on any atom is 0.392 e. The summed E-state index contributed by atoms with van der Waals surface area (Å²) >= 11 is 0. The second kappa shape index (κ2) is 2.41. The summed E-state index contributed by atoms with van der Waals surface area (Å²) in [6.07, 6.45) is 0. The van der Waals surface area contributed by atoms with Crippen LogP contribution in [0.15, 0.2) is 0 Å². The first kappa shape index (κ1) is 9.74. The minimum Gasteiger partial charge on any atom is -0.350 e. The van der Waals surface area contributed by atoms with Crippen molar-refractivity contribution in [2.24, 2.45) is 0 Å². The molecular weight excluding hydrogens is 163 g/mol. The quantitative estimate of drug-likeness (QED) is 0.293. The first-order valence-electron chi connectivity index (χ1n) is 2.21. The molecule has 0 saturated heterocycles. The van der Waals surface area contributed by atoms with E-state index in [1.54, 1.807) is 0 Å². The van der Waals surface area contributed by atoms with Gasteiger partial charge in [0.25, 0.3) is 0 Å². The number of Topliss-reactive ketones (excluding diaryl/α,β-unsaturated/α-hetero) is 1. The van der Waals surface area contributed by atoms with Crippen LogP contribution < -0.4 is 0 Å². The number of aliphatic hydroxyl groups is 2. The summed E-state index contributed by atoms with van der Waals surface area (Å²) < 4.78 is 10.1. The van der Waals surface area contributed by atoms with E-state index in [9.17, 15) is 9.36 Å². The summed E-state index contributed by atoms with van der Waals surface area (Å²) in [5.74, 6) is -1.39. The molecule has 0 aliphatic heterocycles. The Morgan fingerprint density at radius 1 is 1.40 bits per heavy atom. The zero-order valence-corrected chi connectivity index (χ0v) is 5.95. The Morgan fingerprint density at radius 2 is 1.70 bits per heavy atom. The molecule has 0 heterocycles. The number of rotatable bonds is 2. The van der Waals surface area contributed by atoms with Gasteiger partial charge in [-0.05, 0) is 0 Å². The van der Waals surface area contributed by atoms with Crippen LogP contribution in [0.2, 0.25) is 0 Å². The maximum absolute atomic E-state index is 10.1. The first-order valence-corrected chi connectivity index (χ1v) is 3.82. The summed E-state index contributed by atoms with van der Waals surface area (Å²) in [5.41, 5.74) is -3.53. The minimum atomic E-state index is -5.16. The van der Waals surface area contributed by atoms with Crippen molar-refractivity contribution in [2.45, 2.75) is 12.5 Å². The molecule has 0 unspecified atom stereocenters. The lowest BCUT2D eigenvalue weighted by Gasteiger charge is -2.18. The summed E-state index contributed by atoms with van der Waals surface area (Å²) in [6, 6.07) is 0. The van der Waals surface area contributed by atoms with Crippen LogP contribution in [0.25, 0.3) is 0 Å². The molecule has 10 heavy (non-hydrogen) atoms. The van der Waals surface area contributed by atoms with Crippen LogP contribution in [0.1, 0.15) is 6.92 Å². The van der Waals surface area contributed by atoms with E-state index < -0.39 is 18.9 Å². The smallest absolute Gasteiger partial charge is 0.350 e. The highest BCUT2D eigenvalue weighted by Crippen LogP contribution is 2.47. The van der Waals surface area contributed by atoms with Crippen molar-refractivity contribution in [1.82, 2.24) is 0 Å². The van der Waals surface area contributed by atoms with Gasteiger partial charge in [-0.3, -0.25) is 9.36 Å². The molecule has 60 valence electrons. The van der Waals surface area contributed by atoms with Crippen LogP contribution in [-0.4, -0.2) is 31.3 Å². The number of carbonyl (C=O) groups is 1. The summed E-state index contributed by atoms with van der Waals surface area (Å²) in [7, 11) is -5.16. The van der Waals surface area contributed by atoms with Gasteiger partial charge < -0.3 is 20.0 Å². The van der Waals surface area contributed by atoms with E-state index >= 15 is 0 Å². The molecule has 0 aliphatic rings. The molecule has 0 amide bonds. The van der Waals surface area contributed by atoms with Crippen molar-refractivity contribution in [3.63, 3.8) is 0 Å². The molecule has 6 nitrogen and oxygen atoms in total. The van der Waals surface area contributed by atoms with Gasteiger partial charge in [0.1, 0.15) is 0 Å². The van der Waals surface area contributed by atoms with E-state index in [1.165, 1.54) is 0 Å². The van der Waals surface area contributed by atoms with Crippen molar-refractivity contribution in [2.75, 3.05) is 0 Å². The third-order valence-corrected chi connectivity index (χ3v) is 2.01. The van der Waals surface area contributed by atoms with Crippen molar-refractivity contribution < 1.29 is 29.4 Å². The Labute approximate surface area is 56.3 Å². The molecule has 0 aromatic heterocycles. The predicted molar refractivity (Wildman–Crippen MR) is 29.9 cm³/mol. The van der Waals surface area contributed by atoms with Crippen LogP contribution >= 0.6 is 7.60 Å². The number of hydrogen-bond acceptors (Lipinski definition) is 4. The van der Waals surface area contributed by atoms with Crippen LogP contribution in [0.3, 0.4) is 0 Å². The SMILES string of the molecule is CC(=O)C(O)(O)P(=O)(O)O. The molecule has 0 aliphatic carbocycles. The van der Waals surface area contributed by atoms with Gasteiger partial charge in [-0.2, -0.15) is 0 Å². The summed E-state index contributed by atoms with van der Waals surface area (Å²) in [6.45, 7) is 0.666. The molecule has 0 fully saturated rings. The normalized spacial score (nSPS) is 13.3. The summed E-state index contributed by atoms with van der Waals surface area (Å²) in [4.78, 5) is 26.3. The zero-order valence-electron chi connectivity index (χ0n) is 5.05.